The van der Waals surface area contributed by atoms with Crippen LogP contribution >= 0.6 is 11.8 Å². The number of rotatable bonds is 6. The van der Waals surface area contributed by atoms with Gasteiger partial charge in [0.2, 0.25) is 11.1 Å². The van der Waals surface area contributed by atoms with Crippen molar-refractivity contribution >= 4 is 17.7 Å². The Balaban J connectivity index is 1.38. The highest BCUT2D eigenvalue weighted by atomic mass is 32.2. The van der Waals surface area contributed by atoms with Crippen molar-refractivity contribution in [1.82, 2.24) is 25.1 Å². The van der Waals surface area contributed by atoms with Crippen LogP contribution < -0.4 is 9.47 Å². The van der Waals surface area contributed by atoms with Crippen LogP contribution in [0.5, 0.6) is 11.5 Å². The van der Waals surface area contributed by atoms with Crippen LogP contribution in [0.3, 0.4) is 0 Å². The molecule has 0 bridgehead atoms. The van der Waals surface area contributed by atoms with Crippen molar-refractivity contribution in [2.75, 3.05) is 26.0 Å². The summed E-state index contributed by atoms with van der Waals surface area (Å²) >= 11 is 1.32. The first-order valence-corrected chi connectivity index (χ1v) is 10.2. The highest BCUT2D eigenvalue weighted by Gasteiger charge is 2.17. The van der Waals surface area contributed by atoms with Crippen molar-refractivity contribution in [3.05, 3.63) is 53.6 Å². The predicted molar refractivity (Wildman–Crippen MR) is 109 cm³/mol. The van der Waals surface area contributed by atoms with E-state index in [-0.39, 0.29) is 11.7 Å². The number of hydrogen-bond acceptors (Lipinski definition) is 7. The Morgan fingerprint density at radius 3 is 2.79 bits per heavy atom. The average molecular weight is 411 g/mol. The molecule has 1 aromatic heterocycles. The number of ether oxygens (including phenoxy) is 2. The molecule has 9 heteroatoms. The summed E-state index contributed by atoms with van der Waals surface area (Å²) in [5.74, 6) is 1.70. The lowest BCUT2D eigenvalue weighted by Crippen LogP contribution is -2.28. The molecule has 0 aliphatic carbocycles. The van der Waals surface area contributed by atoms with Crippen molar-refractivity contribution in [3.63, 3.8) is 0 Å². The standard InChI is InChI=1S/C20H21N5O3S/c1-14-5-3-4-6-16(14)25-20(21-22-23-25)29-13-19(26)24(2)12-15-7-8-17-18(11-15)28-10-9-27-17/h3-8,11H,9-10,12-13H2,1-2H3. The topological polar surface area (TPSA) is 82.4 Å². The zero-order chi connectivity index (χ0) is 20.2. The molecule has 0 saturated heterocycles. The largest absolute Gasteiger partial charge is 0.486 e. The number of amides is 1. The lowest BCUT2D eigenvalue weighted by molar-refractivity contribution is -0.127. The van der Waals surface area contributed by atoms with Crippen LogP contribution in [0, 0.1) is 6.92 Å². The molecule has 2 heterocycles. The minimum atomic E-state index is -0.00998. The van der Waals surface area contributed by atoms with E-state index < -0.39 is 0 Å². The first kappa shape index (κ1) is 19.3. The summed E-state index contributed by atoms with van der Waals surface area (Å²) in [7, 11) is 1.78. The third-order valence-electron chi connectivity index (χ3n) is 4.56. The minimum Gasteiger partial charge on any atom is -0.486 e. The Hall–Kier alpha value is -3.07. The van der Waals surface area contributed by atoms with Gasteiger partial charge < -0.3 is 14.4 Å². The van der Waals surface area contributed by atoms with E-state index in [4.69, 9.17) is 9.47 Å². The van der Waals surface area contributed by atoms with Gasteiger partial charge in [0.05, 0.1) is 11.4 Å². The number of para-hydroxylation sites is 1. The lowest BCUT2D eigenvalue weighted by atomic mass is 10.2. The van der Waals surface area contributed by atoms with Crippen molar-refractivity contribution in [3.8, 4) is 17.2 Å². The van der Waals surface area contributed by atoms with Gasteiger partial charge in [0.15, 0.2) is 11.5 Å². The molecule has 4 rings (SSSR count). The van der Waals surface area contributed by atoms with E-state index in [9.17, 15) is 4.79 Å². The third kappa shape index (κ3) is 4.34. The Morgan fingerprint density at radius 2 is 1.97 bits per heavy atom. The molecule has 3 aromatic rings. The van der Waals surface area contributed by atoms with E-state index in [0.29, 0.717) is 24.9 Å². The van der Waals surface area contributed by atoms with Gasteiger partial charge in [-0.15, -0.1) is 5.10 Å². The molecule has 0 fully saturated rings. The molecule has 2 aromatic carbocycles. The smallest absolute Gasteiger partial charge is 0.233 e. The molecular formula is C20H21N5O3S. The van der Waals surface area contributed by atoms with Crippen molar-refractivity contribution in [2.24, 2.45) is 0 Å². The number of carbonyl (C=O) groups excluding carboxylic acids is 1. The fraction of sp³-hybridized carbons (Fsp3) is 0.300. The molecule has 0 spiro atoms. The van der Waals surface area contributed by atoms with E-state index in [1.54, 1.807) is 16.6 Å². The van der Waals surface area contributed by atoms with E-state index in [1.165, 1.54) is 11.8 Å². The molecule has 0 atom stereocenters. The van der Waals surface area contributed by atoms with Crippen LogP contribution in [0.4, 0.5) is 0 Å². The van der Waals surface area contributed by atoms with Gasteiger partial charge in [-0.2, -0.15) is 4.68 Å². The Bertz CT molecular complexity index is 1020. The number of thioether (sulfide) groups is 1. The zero-order valence-electron chi connectivity index (χ0n) is 16.2. The Labute approximate surface area is 172 Å². The van der Waals surface area contributed by atoms with Crippen LogP contribution in [0.25, 0.3) is 5.69 Å². The Morgan fingerprint density at radius 1 is 1.17 bits per heavy atom. The fourth-order valence-corrected chi connectivity index (χ4v) is 3.83. The van der Waals surface area contributed by atoms with Gasteiger partial charge in [0, 0.05) is 13.6 Å². The first-order chi connectivity index (χ1) is 14.1. The van der Waals surface area contributed by atoms with Gasteiger partial charge in [-0.05, 0) is 46.7 Å². The van der Waals surface area contributed by atoms with E-state index in [2.05, 4.69) is 15.5 Å². The number of carbonyl (C=O) groups is 1. The molecular weight excluding hydrogens is 390 g/mol. The second-order valence-electron chi connectivity index (χ2n) is 6.68. The number of aryl methyl sites for hydroxylation is 1. The molecule has 8 nitrogen and oxygen atoms in total. The quantitative estimate of drug-likeness (QED) is 0.576. The Kier molecular flexibility index (Phi) is 5.66. The second-order valence-corrected chi connectivity index (χ2v) is 7.62. The number of hydrogen-bond donors (Lipinski definition) is 0. The van der Waals surface area contributed by atoms with Gasteiger partial charge in [0.25, 0.3) is 0 Å². The van der Waals surface area contributed by atoms with Gasteiger partial charge in [-0.25, -0.2) is 0 Å². The van der Waals surface area contributed by atoms with E-state index in [1.807, 2.05) is 49.4 Å². The summed E-state index contributed by atoms with van der Waals surface area (Å²) < 4.78 is 12.8. The number of benzene rings is 2. The summed E-state index contributed by atoms with van der Waals surface area (Å²) in [6, 6.07) is 13.6. The summed E-state index contributed by atoms with van der Waals surface area (Å²) in [5, 5.41) is 12.5. The molecule has 0 N–H and O–H groups in total. The normalized spacial score (nSPS) is 12.6. The van der Waals surface area contributed by atoms with Gasteiger partial charge in [-0.3, -0.25) is 4.79 Å². The molecule has 0 saturated carbocycles. The number of nitrogens with zero attached hydrogens (tertiary/aromatic N) is 5. The van der Waals surface area contributed by atoms with Crippen molar-refractivity contribution < 1.29 is 14.3 Å². The monoisotopic (exact) mass is 411 g/mol. The second kappa shape index (κ2) is 8.52. The van der Waals surface area contributed by atoms with Crippen LogP contribution in [-0.2, 0) is 11.3 Å². The summed E-state index contributed by atoms with van der Waals surface area (Å²) in [6.07, 6.45) is 0. The van der Waals surface area contributed by atoms with Crippen LogP contribution in [-0.4, -0.2) is 57.0 Å². The third-order valence-corrected chi connectivity index (χ3v) is 5.47. The zero-order valence-corrected chi connectivity index (χ0v) is 17.1. The fourth-order valence-electron chi connectivity index (χ4n) is 3.01. The molecule has 1 aliphatic heterocycles. The molecule has 29 heavy (non-hydrogen) atoms. The number of tetrazole rings is 1. The van der Waals surface area contributed by atoms with Crippen molar-refractivity contribution in [2.45, 2.75) is 18.6 Å². The van der Waals surface area contributed by atoms with E-state index in [0.717, 1.165) is 28.3 Å². The highest BCUT2D eigenvalue weighted by Crippen LogP contribution is 2.31. The SMILES string of the molecule is Cc1ccccc1-n1nnnc1SCC(=O)N(C)Cc1ccc2c(c1)OCCO2. The minimum absolute atomic E-state index is 0.00998. The van der Waals surface area contributed by atoms with Crippen LogP contribution in [0.15, 0.2) is 47.6 Å². The summed E-state index contributed by atoms with van der Waals surface area (Å²) in [5.41, 5.74) is 2.95. The van der Waals surface area contributed by atoms with Crippen molar-refractivity contribution in [1.29, 1.82) is 0 Å². The summed E-state index contributed by atoms with van der Waals surface area (Å²) in [4.78, 5) is 14.3. The van der Waals surface area contributed by atoms with E-state index >= 15 is 0 Å². The number of aromatic nitrogens is 4. The number of fused-ring (bicyclic) bond motifs is 1. The predicted octanol–water partition coefficient (Wildman–Crippen LogP) is 2.49. The molecule has 0 radical (unpaired) electrons. The molecule has 150 valence electrons. The summed E-state index contributed by atoms with van der Waals surface area (Å²) in [6.45, 7) is 3.58. The van der Waals surface area contributed by atoms with Gasteiger partial charge >= 0.3 is 0 Å². The molecule has 1 amide bonds. The van der Waals surface area contributed by atoms with Gasteiger partial charge in [0.1, 0.15) is 13.2 Å². The van der Waals surface area contributed by atoms with Gasteiger partial charge in [-0.1, -0.05) is 36.0 Å². The van der Waals surface area contributed by atoms with Crippen LogP contribution in [0.1, 0.15) is 11.1 Å². The maximum absolute atomic E-state index is 12.6. The highest BCUT2D eigenvalue weighted by molar-refractivity contribution is 7.99. The van der Waals surface area contributed by atoms with Crippen LogP contribution in [0.2, 0.25) is 0 Å². The first-order valence-electron chi connectivity index (χ1n) is 9.21. The molecule has 0 unspecified atom stereocenters. The lowest BCUT2D eigenvalue weighted by Gasteiger charge is -2.21. The average Bonchev–Trinajstić information content (AvgIpc) is 3.20. The maximum Gasteiger partial charge on any atom is 0.233 e. The maximum atomic E-state index is 12.6. The molecule has 1 aliphatic rings.